The van der Waals surface area contributed by atoms with E-state index in [-0.39, 0.29) is 22.5 Å². The molecular formula is C13H16F2O2S. The van der Waals surface area contributed by atoms with E-state index >= 15 is 0 Å². The highest BCUT2D eigenvalue weighted by Gasteiger charge is 2.21. The molecule has 2 nitrogen and oxygen atoms in total. The fourth-order valence-electron chi connectivity index (χ4n) is 1.35. The van der Waals surface area contributed by atoms with Crippen LogP contribution in [0.4, 0.5) is 8.78 Å². The van der Waals surface area contributed by atoms with Crippen molar-refractivity contribution in [2.24, 2.45) is 5.92 Å². The predicted molar refractivity (Wildman–Crippen MR) is 68.0 cm³/mol. The van der Waals surface area contributed by atoms with Crippen molar-refractivity contribution in [2.75, 3.05) is 5.75 Å². The fourth-order valence-corrected chi connectivity index (χ4v) is 2.64. The number of ketones is 1. The lowest BCUT2D eigenvalue weighted by atomic mass is 10.1. The molecule has 0 radical (unpaired) electrons. The fraction of sp³-hybridized carbons (Fsp3) is 0.462. The summed E-state index contributed by atoms with van der Waals surface area (Å²) < 4.78 is 38.1. The second-order valence-corrected chi connectivity index (χ2v) is 6.32. The summed E-state index contributed by atoms with van der Waals surface area (Å²) in [6.45, 7) is 5.57. The normalized spacial score (nSPS) is 14.6. The Morgan fingerprint density at radius 1 is 1.28 bits per heavy atom. The SMILES string of the molecule is CC(C)C(C)S(=O)CC(=O)c1cc(F)ccc1F. The van der Waals surface area contributed by atoms with Gasteiger partial charge in [0.15, 0.2) is 5.78 Å². The van der Waals surface area contributed by atoms with Crippen LogP contribution in [0.15, 0.2) is 18.2 Å². The molecule has 1 rings (SSSR count). The molecule has 0 aliphatic carbocycles. The average Bonchev–Trinajstić information content (AvgIpc) is 2.30. The zero-order valence-electron chi connectivity index (χ0n) is 10.6. The Labute approximate surface area is 108 Å². The van der Waals surface area contributed by atoms with Crippen molar-refractivity contribution in [1.29, 1.82) is 0 Å². The van der Waals surface area contributed by atoms with E-state index in [0.29, 0.717) is 0 Å². The van der Waals surface area contributed by atoms with E-state index in [1.165, 1.54) is 0 Å². The van der Waals surface area contributed by atoms with Gasteiger partial charge in [-0.05, 0) is 24.1 Å². The molecule has 1 aromatic carbocycles. The van der Waals surface area contributed by atoms with E-state index in [4.69, 9.17) is 0 Å². The molecule has 5 heteroatoms. The number of hydrogen-bond acceptors (Lipinski definition) is 2. The maximum atomic E-state index is 13.3. The maximum Gasteiger partial charge on any atom is 0.178 e. The average molecular weight is 274 g/mol. The molecule has 0 amide bonds. The summed E-state index contributed by atoms with van der Waals surface area (Å²) in [5, 5.41) is -0.162. The molecule has 0 aliphatic rings. The van der Waals surface area contributed by atoms with Gasteiger partial charge < -0.3 is 0 Å². The van der Waals surface area contributed by atoms with Gasteiger partial charge >= 0.3 is 0 Å². The standard InChI is InChI=1S/C13H16F2O2S/c1-8(2)9(3)18(17)7-13(16)11-6-10(14)4-5-12(11)15/h4-6,8-9H,7H2,1-3H3. The van der Waals surface area contributed by atoms with E-state index in [1.54, 1.807) is 6.92 Å². The van der Waals surface area contributed by atoms with Crippen LogP contribution >= 0.6 is 0 Å². The van der Waals surface area contributed by atoms with E-state index in [0.717, 1.165) is 18.2 Å². The summed E-state index contributed by atoms with van der Waals surface area (Å²) in [6.07, 6.45) is 0. The first-order valence-corrected chi connectivity index (χ1v) is 7.06. The van der Waals surface area contributed by atoms with Crippen LogP contribution in [0.1, 0.15) is 31.1 Å². The smallest absolute Gasteiger partial charge is 0.178 e. The van der Waals surface area contributed by atoms with Gasteiger partial charge in [0.1, 0.15) is 11.6 Å². The van der Waals surface area contributed by atoms with Gasteiger partial charge in [-0.3, -0.25) is 9.00 Å². The van der Waals surface area contributed by atoms with Crippen LogP contribution in [-0.4, -0.2) is 21.0 Å². The minimum atomic E-state index is -1.38. The number of halogens is 2. The summed E-state index contributed by atoms with van der Waals surface area (Å²) in [6, 6.07) is 2.69. The second-order valence-electron chi connectivity index (χ2n) is 4.52. The lowest BCUT2D eigenvalue weighted by Crippen LogP contribution is -2.24. The first-order valence-electron chi connectivity index (χ1n) is 5.68. The molecule has 0 fully saturated rings. The third kappa shape index (κ3) is 3.70. The molecule has 0 heterocycles. The van der Waals surface area contributed by atoms with Crippen LogP contribution < -0.4 is 0 Å². The summed E-state index contributed by atoms with van der Waals surface area (Å²) in [5.74, 6) is -2.20. The van der Waals surface area contributed by atoms with Crippen LogP contribution in [0.3, 0.4) is 0 Å². The number of carbonyl (C=O) groups excluding carboxylic acids is 1. The molecule has 100 valence electrons. The molecule has 0 N–H and O–H groups in total. The van der Waals surface area contributed by atoms with Crippen LogP contribution in [0.25, 0.3) is 0 Å². The summed E-state index contributed by atoms with van der Waals surface area (Å²) in [4.78, 5) is 11.8. The van der Waals surface area contributed by atoms with Crippen molar-refractivity contribution < 1.29 is 17.8 Å². The highest BCUT2D eigenvalue weighted by atomic mass is 32.2. The maximum absolute atomic E-state index is 13.3. The van der Waals surface area contributed by atoms with Crippen molar-refractivity contribution in [3.05, 3.63) is 35.4 Å². The van der Waals surface area contributed by atoms with Crippen LogP contribution in [0.2, 0.25) is 0 Å². The van der Waals surface area contributed by atoms with Gasteiger partial charge in [-0.2, -0.15) is 0 Å². The second kappa shape index (κ2) is 6.18. The Morgan fingerprint density at radius 3 is 2.44 bits per heavy atom. The zero-order valence-corrected chi connectivity index (χ0v) is 11.4. The topological polar surface area (TPSA) is 34.1 Å². The Bertz CT molecular complexity index is 472. The summed E-state index contributed by atoms with van der Waals surface area (Å²) in [5.41, 5.74) is -0.334. The Kier molecular flexibility index (Phi) is 5.14. The number of benzene rings is 1. The molecular weight excluding hydrogens is 258 g/mol. The van der Waals surface area contributed by atoms with Crippen LogP contribution in [0.5, 0.6) is 0 Å². The van der Waals surface area contributed by atoms with E-state index in [2.05, 4.69) is 0 Å². The molecule has 18 heavy (non-hydrogen) atoms. The van der Waals surface area contributed by atoms with E-state index < -0.39 is 28.2 Å². The van der Waals surface area contributed by atoms with Crippen LogP contribution in [-0.2, 0) is 10.8 Å². The third-order valence-corrected chi connectivity index (χ3v) is 4.78. The first-order chi connectivity index (χ1) is 8.32. The van der Waals surface area contributed by atoms with Gasteiger partial charge in [0.25, 0.3) is 0 Å². The Morgan fingerprint density at radius 2 is 1.89 bits per heavy atom. The van der Waals surface area contributed by atoms with Gasteiger partial charge in [0.2, 0.25) is 0 Å². The predicted octanol–water partition coefficient (Wildman–Crippen LogP) is 2.94. The highest BCUT2D eigenvalue weighted by Crippen LogP contribution is 2.14. The monoisotopic (exact) mass is 274 g/mol. The van der Waals surface area contributed by atoms with Crippen molar-refractivity contribution in [3.63, 3.8) is 0 Å². The minimum Gasteiger partial charge on any atom is -0.293 e. The lowest BCUT2D eigenvalue weighted by Gasteiger charge is -2.14. The summed E-state index contributed by atoms with van der Waals surface area (Å²) >= 11 is 0. The number of Topliss-reactive ketones (excluding diaryl/α,β-unsaturated/α-hetero) is 1. The number of rotatable bonds is 5. The van der Waals surface area contributed by atoms with Crippen molar-refractivity contribution in [2.45, 2.75) is 26.0 Å². The molecule has 0 spiro atoms. The van der Waals surface area contributed by atoms with E-state index in [9.17, 15) is 17.8 Å². The zero-order chi connectivity index (χ0) is 13.9. The third-order valence-electron chi connectivity index (χ3n) is 2.86. The number of hydrogen-bond donors (Lipinski definition) is 0. The summed E-state index contributed by atoms with van der Waals surface area (Å²) in [7, 11) is -1.38. The molecule has 2 atom stereocenters. The van der Waals surface area contributed by atoms with Gasteiger partial charge in [0, 0.05) is 16.0 Å². The first kappa shape index (κ1) is 15.0. The Hall–Kier alpha value is -1.10. The van der Waals surface area contributed by atoms with Gasteiger partial charge in [0.05, 0.1) is 11.3 Å². The van der Waals surface area contributed by atoms with Crippen molar-refractivity contribution in [3.8, 4) is 0 Å². The highest BCUT2D eigenvalue weighted by molar-refractivity contribution is 7.86. The van der Waals surface area contributed by atoms with Gasteiger partial charge in [-0.25, -0.2) is 8.78 Å². The molecule has 1 aromatic rings. The van der Waals surface area contributed by atoms with Gasteiger partial charge in [-0.1, -0.05) is 20.8 Å². The number of carbonyl (C=O) groups is 1. The molecule has 0 bridgehead atoms. The molecule has 0 aromatic heterocycles. The quantitative estimate of drug-likeness (QED) is 0.774. The largest absolute Gasteiger partial charge is 0.293 e. The minimum absolute atomic E-state index is 0.162. The molecule has 0 aliphatic heterocycles. The lowest BCUT2D eigenvalue weighted by molar-refractivity contribution is 0.101. The van der Waals surface area contributed by atoms with Crippen LogP contribution in [0, 0.1) is 17.6 Å². The Balaban J connectivity index is 2.83. The molecule has 0 saturated heterocycles. The molecule has 0 saturated carbocycles. The van der Waals surface area contributed by atoms with Gasteiger partial charge in [-0.15, -0.1) is 0 Å². The van der Waals surface area contributed by atoms with Crippen molar-refractivity contribution >= 4 is 16.6 Å². The van der Waals surface area contributed by atoms with E-state index in [1.807, 2.05) is 13.8 Å². The molecule has 2 unspecified atom stereocenters. The van der Waals surface area contributed by atoms with Crippen molar-refractivity contribution in [1.82, 2.24) is 0 Å².